The fraction of sp³-hybridized carbons (Fsp3) is 0.714. The molecule has 2 aliphatic rings. The molecule has 1 aliphatic heterocycles. The average molecular weight is 253 g/mol. The van der Waals surface area contributed by atoms with Crippen LogP contribution in [0.4, 0.5) is 0 Å². The molecule has 0 aromatic heterocycles. The topological polar surface area (TPSA) is 72.7 Å². The summed E-state index contributed by atoms with van der Waals surface area (Å²) in [6.45, 7) is 0.475. The van der Waals surface area contributed by atoms with E-state index in [-0.39, 0.29) is 6.04 Å². The Morgan fingerprint density at radius 2 is 2.06 bits per heavy atom. The van der Waals surface area contributed by atoms with Crippen LogP contribution in [0.1, 0.15) is 32.1 Å². The maximum absolute atomic E-state index is 10.2. The quantitative estimate of drug-likeness (QED) is 0.538. The number of rotatable bonds is 5. The lowest BCUT2D eigenvalue weighted by Gasteiger charge is -2.25. The molecule has 0 bridgehead atoms. The maximum Gasteiger partial charge on any atom is 0.0964 e. The number of unbranched alkanes of at least 4 members (excludes halogenated alkanes) is 1. The van der Waals surface area contributed by atoms with E-state index in [1.54, 1.807) is 0 Å². The van der Waals surface area contributed by atoms with Crippen LogP contribution in [-0.4, -0.2) is 45.7 Å². The van der Waals surface area contributed by atoms with Gasteiger partial charge < -0.3 is 20.6 Å². The Bertz CT molecular complexity index is 329. The van der Waals surface area contributed by atoms with E-state index in [0.29, 0.717) is 13.0 Å². The van der Waals surface area contributed by atoms with Gasteiger partial charge in [-0.15, -0.1) is 0 Å². The molecule has 0 spiro atoms. The first-order valence-electron chi connectivity index (χ1n) is 6.77. The molecule has 2 unspecified atom stereocenters. The SMILES string of the molecule is O[C@@H]1CNC(CCCCC2(O)C=CC=CC2)[C@H]1O. The minimum atomic E-state index is -0.685. The second-order valence-electron chi connectivity index (χ2n) is 5.41. The van der Waals surface area contributed by atoms with Gasteiger partial charge in [-0.1, -0.05) is 37.1 Å². The molecule has 0 aromatic rings. The minimum absolute atomic E-state index is 0.00330. The van der Waals surface area contributed by atoms with Gasteiger partial charge in [0, 0.05) is 12.6 Å². The van der Waals surface area contributed by atoms with Crippen LogP contribution >= 0.6 is 0 Å². The predicted molar refractivity (Wildman–Crippen MR) is 70.1 cm³/mol. The number of hydrogen-bond donors (Lipinski definition) is 4. The van der Waals surface area contributed by atoms with Crippen LogP contribution < -0.4 is 5.32 Å². The summed E-state index contributed by atoms with van der Waals surface area (Å²) in [5.41, 5.74) is -0.685. The first kappa shape index (κ1) is 13.7. The summed E-state index contributed by atoms with van der Waals surface area (Å²) in [6.07, 6.45) is 10.6. The molecule has 1 heterocycles. The van der Waals surface area contributed by atoms with Crippen LogP contribution in [0.5, 0.6) is 0 Å². The number of aliphatic hydroxyl groups is 3. The van der Waals surface area contributed by atoms with Gasteiger partial charge in [-0.05, 0) is 19.3 Å². The Kier molecular flexibility index (Phi) is 4.56. The van der Waals surface area contributed by atoms with Gasteiger partial charge in [0.25, 0.3) is 0 Å². The summed E-state index contributed by atoms with van der Waals surface area (Å²) >= 11 is 0. The molecule has 4 heteroatoms. The van der Waals surface area contributed by atoms with Crippen molar-refractivity contribution in [3.63, 3.8) is 0 Å². The second kappa shape index (κ2) is 5.97. The van der Waals surface area contributed by atoms with E-state index in [9.17, 15) is 15.3 Å². The third-order valence-corrected chi connectivity index (χ3v) is 3.90. The van der Waals surface area contributed by atoms with E-state index in [1.807, 2.05) is 24.3 Å². The smallest absolute Gasteiger partial charge is 0.0964 e. The molecule has 0 radical (unpaired) electrons. The van der Waals surface area contributed by atoms with Crippen molar-refractivity contribution in [2.45, 2.75) is 56.0 Å². The van der Waals surface area contributed by atoms with E-state index >= 15 is 0 Å². The van der Waals surface area contributed by atoms with E-state index in [4.69, 9.17) is 0 Å². The Balaban J connectivity index is 1.64. The minimum Gasteiger partial charge on any atom is -0.389 e. The number of nitrogens with one attached hydrogen (secondary N) is 1. The lowest BCUT2D eigenvalue weighted by atomic mass is 9.89. The van der Waals surface area contributed by atoms with Gasteiger partial charge in [0.05, 0.1) is 17.8 Å². The van der Waals surface area contributed by atoms with Crippen molar-refractivity contribution in [2.75, 3.05) is 6.54 Å². The molecule has 2 rings (SSSR count). The monoisotopic (exact) mass is 253 g/mol. The standard InChI is InChI=1S/C14H23NO3/c16-12-10-15-11(13(12)17)6-2-5-9-14(18)7-3-1-4-8-14/h1,3-4,7,11-13,15-18H,2,5-6,8-10H2/t11?,12-,13-,14?/m1/s1. The van der Waals surface area contributed by atoms with Crippen molar-refractivity contribution in [3.05, 3.63) is 24.3 Å². The molecule has 1 fully saturated rings. The summed E-state index contributed by atoms with van der Waals surface area (Å²) in [5.74, 6) is 0. The highest BCUT2D eigenvalue weighted by Gasteiger charge is 2.32. The van der Waals surface area contributed by atoms with Crippen molar-refractivity contribution >= 4 is 0 Å². The van der Waals surface area contributed by atoms with Crippen molar-refractivity contribution in [1.29, 1.82) is 0 Å². The number of aliphatic hydroxyl groups excluding tert-OH is 2. The van der Waals surface area contributed by atoms with Gasteiger partial charge in [-0.25, -0.2) is 0 Å². The zero-order chi connectivity index (χ0) is 13.0. The molecular formula is C14H23NO3. The molecule has 1 aliphatic carbocycles. The Hall–Kier alpha value is -0.680. The van der Waals surface area contributed by atoms with E-state index in [0.717, 1.165) is 25.7 Å². The molecule has 0 aromatic carbocycles. The van der Waals surface area contributed by atoms with Gasteiger partial charge in [0.2, 0.25) is 0 Å². The third kappa shape index (κ3) is 3.42. The van der Waals surface area contributed by atoms with E-state index < -0.39 is 17.8 Å². The normalized spacial score (nSPS) is 39.4. The molecule has 4 nitrogen and oxygen atoms in total. The van der Waals surface area contributed by atoms with Crippen LogP contribution in [0.25, 0.3) is 0 Å². The first-order valence-corrected chi connectivity index (χ1v) is 6.77. The predicted octanol–water partition coefficient (Wildman–Crippen LogP) is 0.488. The van der Waals surface area contributed by atoms with Gasteiger partial charge in [-0.3, -0.25) is 0 Å². The summed E-state index contributed by atoms with van der Waals surface area (Å²) in [7, 11) is 0. The van der Waals surface area contributed by atoms with Crippen molar-refractivity contribution in [3.8, 4) is 0 Å². The molecule has 0 saturated carbocycles. The second-order valence-corrected chi connectivity index (χ2v) is 5.41. The Morgan fingerprint density at radius 3 is 2.67 bits per heavy atom. The van der Waals surface area contributed by atoms with Crippen LogP contribution in [0, 0.1) is 0 Å². The largest absolute Gasteiger partial charge is 0.389 e. The van der Waals surface area contributed by atoms with E-state index in [1.165, 1.54) is 0 Å². The zero-order valence-corrected chi connectivity index (χ0v) is 10.6. The Morgan fingerprint density at radius 1 is 1.22 bits per heavy atom. The highest BCUT2D eigenvalue weighted by molar-refractivity contribution is 5.17. The average Bonchev–Trinajstić information content (AvgIpc) is 2.67. The van der Waals surface area contributed by atoms with Gasteiger partial charge in [0.1, 0.15) is 0 Å². The van der Waals surface area contributed by atoms with Crippen LogP contribution in [-0.2, 0) is 0 Å². The molecule has 102 valence electrons. The van der Waals surface area contributed by atoms with Crippen LogP contribution in [0.15, 0.2) is 24.3 Å². The summed E-state index contributed by atoms with van der Waals surface area (Å²) in [5, 5.41) is 32.4. The van der Waals surface area contributed by atoms with Crippen molar-refractivity contribution in [2.24, 2.45) is 0 Å². The van der Waals surface area contributed by atoms with Gasteiger partial charge in [0.15, 0.2) is 0 Å². The third-order valence-electron chi connectivity index (χ3n) is 3.90. The number of allylic oxidation sites excluding steroid dienone is 2. The maximum atomic E-state index is 10.2. The molecule has 18 heavy (non-hydrogen) atoms. The first-order chi connectivity index (χ1) is 8.61. The molecular weight excluding hydrogens is 230 g/mol. The fourth-order valence-corrected chi connectivity index (χ4v) is 2.69. The Labute approximate surface area is 108 Å². The summed E-state index contributed by atoms with van der Waals surface area (Å²) in [6, 6.07) is -0.00330. The number of β-amino-alcohol motifs (C(OH)–C–C–N with tert-alkyl or cyclic N) is 1. The van der Waals surface area contributed by atoms with Gasteiger partial charge in [-0.2, -0.15) is 0 Å². The van der Waals surface area contributed by atoms with Gasteiger partial charge >= 0.3 is 0 Å². The lowest BCUT2D eigenvalue weighted by molar-refractivity contribution is 0.0381. The molecule has 1 saturated heterocycles. The van der Waals surface area contributed by atoms with E-state index in [2.05, 4.69) is 5.32 Å². The van der Waals surface area contributed by atoms with Crippen LogP contribution in [0.3, 0.4) is 0 Å². The molecule has 0 amide bonds. The molecule has 4 N–H and O–H groups in total. The summed E-state index contributed by atoms with van der Waals surface area (Å²) in [4.78, 5) is 0. The fourth-order valence-electron chi connectivity index (χ4n) is 2.69. The zero-order valence-electron chi connectivity index (χ0n) is 10.6. The van der Waals surface area contributed by atoms with Crippen molar-refractivity contribution < 1.29 is 15.3 Å². The van der Waals surface area contributed by atoms with Crippen LogP contribution in [0.2, 0.25) is 0 Å². The molecule has 4 atom stereocenters. The highest BCUT2D eigenvalue weighted by atomic mass is 16.3. The highest BCUT2D eigenvalue weighted by Crippen LogP contribution is 2.25. The van der Waals surface area contributed by atoms with Crippen molar-refractivity contribution in [1.82, 2.24) is 5.32 Å². The number of hydrogen-bond acceptors (Lipinski definition) is 4. The summed E-state index contributed by atoms with van der Waals surface area (Å²) < 4.78 is 0. The lowest BCUT2D eigenvalue weighted by Crippen LogP contribution is -2.33.